The van der Waals surface area contributed by atoms with Crippen molar-refractivity contribution in [2.45, 2.75) is 66.7 Å². The fraction of sp³-hybridized carbons (Fsp3) is 0.344. The highest BCUT2D eigenvalue weighted by Gasteiger charge is 2.27. The van der Waals surface area contributed by atoms with E-state index in [2.05, 4.69) is 42.7 Å². The zero-order chi connectivity index (χ0) is 27.9. The largest absolute Gasteiger partial charge is 0.507 e. The normalized spacial score (nSPS) is 13.2. The van der Waals surface area contributed by atoms with Gasteiger partial charge in [0.25, 0.3) is 0 Å². The topological polar surface area (TPSA) is 62.5 Å². The predicted octanol–water partition coefficient (Wildman–Crippen LogP) is 8.47. The number of carbonyl (C=O) groups excluding carboxylic acids is 1. The van der Waals surface area contributed by atoms with Gasteiger partial charge in [-0.05, 0) is 80.2 Å². The highest BCUT2D eigenvalue weighted by molar-refractivity contribution is 5.99. The summed E-state index contributed by atoms with van der Waals surface area (Å²) >= 11 is 0. The Bertz CT molecular complexity index is 1070. The van der Waals surface area contributed by atoms with Crippen molar-refractivity contribution < 1.29 is 9.90 Å². The molecule has 0 spiro atoms. The number of pyridine rings is 1. The SMILES string of the molecule is C=C/C(=C\C=C(/C)c1ccc(C(C)(C)CC(=O)C(=C/C)/C(O)=C\C(=C)C(=C)C)cn1)CC.CC=NC. The summed E-state index contributed by atoms with van der Waals surface area (Å²) in [7, 11) is 1.75. The second-order valence-corrected chi connectivity index (χ2v) is 9.12. The molecule has 4 heteroatoms. The zero-order valence-electron chi connectivity index (χ0n) is 23.5. The molecule has 1 heterocycles. The van der Waals surface area contributed by atoms with Crippen molar-refractivity contribution >= 4 is 17.6 Å². The average Bonchev–Trinajstić information content (AvgIpc) is 2.84. The van der Waals surface area contributed by atoms with Gasteiger partial charge in [0.05, 0.1) is 11.3 Å². The first-order valence-electron chi connectivity index (χ1n) is 12.2. The molecule has 194 valence electrons. The molecule has 0 saturated carbocycles. The number of ketones is 1. The van der Waals surface area contributed by atoms with Crippen molar-refractivity contribution in [1.82, 2.24) is 4.98 Å². The van der Waals surface area contributed by atoms with Crippen LogP contribution in [-0.2, 0) is 10.2 Å². The lowest BCUT2D eigenvalue weighted by molar-refractivity contribution is -0.116. The fourth-order valence-corrected chi connectivity index (χ4v) is 3.09. The molecular weight excluding hydrogens is 444 g/mol. The summed E-state index contributed by atoms with van der Waals surface area (Å²) in [6.45, 7) is 25.0. The maximum absolute atomic E-state index is 13.0. The molecule has 0 atom stereocenters. The monoisotopic (exact) mass is 488 g/mol. The number of aliphatic imine (C=N–C) groups is 1. The molecule has 0 radical (unpaired) electrons. The average molecular weight is 489 g/mol. The van der Waals surface area contributed by atoms with E-state index in [-0.39, 0.29) is 23.5 Å². The first kappa shape index (κ1) is 32.5. The maximum atomic E-state index is 13.0. The maximum Gasteiger partial charge on any atom is 0.167 e. The second-order valence-electron chi connectivity index (χ2n) is 9.12. The van der Waals surface area contributed by atoms with Crippen LogP contribution >= 0.6 is 0 Å². The second kappa shape index (κ2) is 16.2. The fourth-order valence-electron chi connectivity index (χ4n) is 3.09. The zero-order valence-corrected chi connectivity index (χ0v) is 23.5. The van der Waals surface area contributed by atoms with Gasteiger partial charge in [0.2, 0.25) is 0 Å². The lowest BCUT2D eigenvalue weighted by Crippen LogP contribution is -2.23. The van der Waals surface area contributed by atoms with Crippen LogP contribution in [0.2, 0.25) is 0 Å². The molecule has 0 aromatic carbocycles. The number of hydrogen-bond acceptors (Lipinski definition) is 4. The van der Waals surface area contributed by atoms with E-state index in [1.807, 2.05) is 58.2 Å². The summed E-state index contributed by atoms with van der Waals surface area (Å²) in [4.78, 5) is 21.2. The highest BCUT2D eigenvalue weighted by Crippen LogP contribution is 2.30. The number of Topliss-reactive ketones (excluding diaryl/α,β-unsaturated/α-hetero) is 1. The molecule has 0 unspecified atom stereocenters. The number of rotatable bonds is 11. The van der Waals surface area contributed by atoms with E-state index >= 15 is 0 Å². The third kappa shape index (κ3) is 10.8. The first-order chi connectivity index (χ1) is 16.9. The van der Waals surface area contributed by atoms with Crippen LogP contribution in [0.5, 0.6) is 0 Å². The molecule has 4 nitrogen and oxygen atoms in total. The van der Waals surface area contributed by atoms with Gasteiger partial charge in [0.15, 0.2) is 5.78 Å². The smallest absolute Gasteiger partial charge is 0.167 e. The van der Waals surface area contributed by atoms with Gasteiger partial charge < -0.3 is 10.1 Å². The molecule has 0 fully saturated rings. The molecule has 36 heavy (non-hydrogen) atoms. The van der Waals surface area contributed by atoms with Crippen molar-refractivity contribution in [1.29, 1.82) is 0 Å². The molecule has 1 rings (SSSR count). The van der Waals surface area contributed by atoms with E-state index in [1.165, 1.54) is 11.6 Å². The molecule has 0 bridgehead atoms. The van der Waals surface area contributed by atoms with Gasteiger partial charge in [0.1, 0.15) is 5.76 Å². The number of carbonyl (C=O) groups is 1. The minimum Gasteiger partial charge on any atom is -0.507 e. The van der Waals surface area contributed by atoms with Gasteiger partial charge in [-0.2, -0.15) is 0 Å². The third-order valence-electron chi connectivity index (χ3n) is 5.75. The Morgan fingerprint density at radius 1 is 1.17 bits per heavy atom. The van der Waals surface area contributed by atoms with Crippen LogP contribution in [-0.4, -0.2) is 29.1 Å². The van der Waals surface area contributed by atoms with Gasteiger partial charge in [-0.1, -0.05) is 76.5 Å². The Morgan fingerprint density at radius 2 is 1.78 bits per heavy atom. The number of hydrogen-bond donors (Lipinski definition) is 1. The van der Waals surface area contributed by atoms with Crippen LogP contribution in [0.15, 0.2) is 101 Å². The highest BCUT2D eigenvalue weighted by atomic mass is 16.3. The van der Waals surface area contributed by atoms with Crippen molar-refractivity contribution in [3.05, 3.63) is 108 Å². The van der Waals surface area contributed by atoms with Crippen molar-refractivity contribution in [3.63, 3.8) is 0 Å². The number of aliphatic hydroxyl groups is 1. The Kier molecular flexibility index (Phi) is 14.6. The first-order valence-corrected chi connectivity index (χ1v) is 12.2. The van der Waals surface area contributed by atoms with Crippen LogP contribution in [0.3, 0.4) is 0 Å². The van der Waals surface area contributed by atoms with E-state index in [1.54, 1.807) is 33.2 Å². The lowest BCUT2D eigenvalue weighted by atomic mass is 9.79. The standard InChI is InChI=1S/C29H37NO2.C3H7N/c1-10-23(11-2)14-13-21(6)26-16-15-24(19-30-26)29(8,9)18-28(32)25(12-3)27(31)17-22(7)20(4)5;1-3-4-2/h10,12-17,19,31H,1,4,7,11,18H2,2-3,5-6,8-9H3;3H,1-2H3/b21-13+,23-14+,25-12+,27-17+;. The Hall–Kier alpha value is -3.53. The van der Waals surface area contributed by atoms with Crippen molar-refractivity contribution in [3.8, 4) is 0 Å². The molecule has 0 aliphatic carbocycles. The van der Waals surface area contributed by atoms with Gasteiger partial charge in [0, 0.05) is 19.7 Å². The number of aromatic nitrogens is 1. The molecule has 1 aromatic heterocycles. The minimum absolute atomic E-state index is 0.0884. The van der Waals surface area contributed by atoms with Gasteiger partial charge in [-0.15, -0.1) is 0 Å². The van der Waals surface area contributed by atoms with Crippen molar-refractivity contribution in [2.24, 2.45) is 4.99 Å². The Labute approximate surface area is 219 Å². The molecule has 0 saturated heterocycles. The number of allylic oxidation sites excluding steroid dienone is 10. The van der Waals surface area contributed by atoms with Crippen LogP contribution < -0.4 is 0 Å². The summed E-state index contributed by atoms with van der Waals surface area (Å²) in [5.74, 6) is -0.225. The lowest BCUT2D eigenvalue weighted by Gasteiger charge is -2.25. The Balaban J connectivity index is 0.00000283. The van der Waals surface area contributed by atoms with E-state index in [4.69, 9.17) is 0 Å². The van der Waals surface area contributed by atoms with Crippen molar-refractivity contribution in [2.75, 3.05) is 7.05 Å². The predicted molar refractivity (Wildman–Crippen MR) is 158 cm³/mol. The molecule has 1 aromatic rings. The van der Waals surface area contributed by atoms with E-state index in [9.17, 15) is 9.90 Å². The van der Waals surface area contributed by atoms with Crippen LogP contribution in [0.25, 0.3) is 5.57 Å². The van der Waals surface area contributed by atoms with Gasteiger partial charge in [-0.25, -0.2) is 0 Å². The number of aliphatic hydroxyl groups excluding tert-OH is 1. The van der Waals surface area contributed by atoms with Gasteiger partial charge in [-0.3, -0.25) is 9.78 Å². The number of nitrogens with zero attached hydrogens (tertiary/aromatic N) is 2. The quantitative estimate of drug-likeness (QED) is 0.147. The molecule has 0 aliphatic heterocycles. The van der Waals surface area contributed by atoms with E-state index in [0.717, 1.165) is 28.8 Å². The summed E-state index contributed by atoms with van der Waals surface area (Å²) < 4.78 is 0. The summed E-state index contributed by atoms with van der Waals surface area (Å²) in [5, 5.41) is 10.4. The molecular formula is C32H44N2O2. The van der Waals surface area contributed by atoms with E-state index in [0.29, 0.717) is 5.57 Å². The molecule has 0 aliphatic rings. The van der Waals surface area contributed by atoms with Crippen LogP contribution in [0.4, 0.5) is 0 Å². The summed E-state index contributed by atoms with van der Waals surface area (Å²) in [5.41, 5.74) is 5.24. The van der Waals surface area contributed by atoms with Gasteiger partial charge >= 0.3 is 0 Å². The van der Waals surface area contributed by atoms with Crippen LogP contribution in [0.1, 0.15) is 72.6 Å². The summed E-state index contributed by atoms with van der Waals surface area (Å²) in [6, 6.07) is 3.99. The van der Waals surface area contributed by atoms with Crippen LogP contribution in [0, 0.1) is 0 Å². The third-order valence-corrected chi connectivity index (χ3v) is 5.75. The molecule has 0 amide bonds. The summed E-state index contributed by atoms with van der Waals surface area (Å²) in [6.07, 6.45) is 13.8. The minimum atomic E-state index is -0.446. The Morgan fingerprint density at radius 3 is 2.19 bits per heavy atom. The molecule has 1 N–H and O–H groups in total. The van der Waals surface area contributed by atoms with E-state index < -0.39 is 5.41 Å².